The number of anilines is 1. The monoisotopic (exact) mass is 429 g/mol. The molecule has 0 amide bonds. The number of sulfonamides is 1. The van der Waals surface area contributed by atoms with Gasteiger partial charge in [-0.2, -0.15) is 0 Å². The molecule has 0 atom stereocenters. The maximum Gasteiger partial charge on any atom is 0.264 e. The van der Waals surface area contributed by atoms with Crippen molar-refractivity contribution in [3.05, 3.63) is 88.4 Å². The predicted octanol–water partition coefficient (Wildman–Crippen LogP) is 5.75. The number of benzene rings is 3. The van der Waals surface area contributed by atoms with Gasteiger partial charge in [0.1, 0.15) is 12.4 Å². The number of hydrogen-bond acceptors (Lipinski definition) is 3. The zero-order chi connectivity index (χ0) is 21.0. The highest BCUT2D eigenvalue weighted by Gasteiger charge is 2.24. The van der Waals surface area contributed by atoms with Crippen molar-refractivity contribution in [3.63, 3.8) is 0 Å². The van der Waals surface area contributed by atoms with Gasteiger partial charge < -0.3 is 4.74 Å². The standard InChI is InChI=1S/C23H24ClNO3S/c1-4-25(29(26,27)22-13-5-8-17(2)14-22)20-11-7-12-21(15-20)28-16-19-10-6-9-18(3)23(19)24/h5-15H,4,16H2,1-3H3. The molecule has 0 saturated heterocycles. The summed E-state index contributed by atoms with van der Waals surface area (Å²) in [5.74, 6) is 0.581. The van der Waals surface area contributed by atoms with Crippen LogP contribution < -0.4 is 9.04 Å². The topological polar surface area (TPSA) is 46.6 Å². The molecule has 0 aliphatic heterocycles. The molecule has 3 aromatic rings. The van der Waals surface area contributed by atoms with Gasteiger partial charge in [-0.15, -0.1) is 0 Å². The first-order valence-corrected chi connectivity index (χ1v) is 11.2. The summed E-state index contributed by atoms with van der Waals surface area (Å²) in [5.41, 5.74) is 3.33. The molecular weight excluding hydrogens is 406 g/mol. The minimum absolute atomic E-state index is 0.275. The molecule has 0 saturated carbocycles. The number of ether oxygens (including phenoxy) is 1. The molecule has 0 radical (unpaired) electrons. The van der Waals surface area contributed by atoms with Gasteiger partial charge in [0.15, 0.2) is 0 Å². The molecule has 152 valence electrons. The number of aryl methyl sites for hydroxylation is 2. The lowest BCUT2D eigenvalue weighted by atomic mass is 10.1. The summed E-state index contributed by atoms with van der Waals surface area (Å²) in [6.07, 6.45) is 0. The van der Waals surface area contributed by atoms with Crippen molar-refractivity contribution in [3.8, 4) is 5.75 Å². The minimum Gasteiger partial charge on any atom is -0.489 e. The van der Waals surface area contributed by atoms with Crippen molar-refractivity contribution in [2.24, 2.45) is 0 Å². The van der Waals surface area contributed by atoms with Crippen LogP contribution in [0.4, 0.5) is 5.69 Å². The second-order valence-electron chi connectivity index (χ2n) is 6.82. The smallest absolute Gasteiger partial charge is 0.264 e. The van der Waals surface area contributed by atoms with E-state index in [0.29, 0.717) is 29.6 Å². The van der Waals surface area contributed by atoms with Crippen LogP contribution in [-0.2, 0) is 16.6 Å². The Morgan fingerprint density at radius 3 is 2.41 bits per heavy atom. The fraction of sp³-hybridized carbons (Fsp3) is 0.217. The molecule has 0 spiro atoms. The number of hydrogen-bond donors (Lipinski definition) is 0. The van der Waals surface area contributed by atoms with Gasteiger partial charge >= 0.3 is 0 Å². The van der Waals surface area contributed by atoms with E-state index in [9.17, 15) is 8.42 Å². The molecule has 0 N–H and O–H groups in total. The predicted molar refractivity (Wildman–Crippen MR) is 118 cm³/mol. The average molecular weight is 430 g/mol. The third-order valence-corrected chi connectivity index (χ3v) is 7.08. The fourth-order valence-corrected chi connectivity index (χ4v) is 4.85. The van der Waals surface area contributed by atoms with Gasteiger partial charge in [0.05, 0.1) is 15.6 Å². The van der Waals surface area contributed by atoms with E-state index < -0.39 is 10.0 Å². The van der Waals surface area contributed by atoms with Crippen molar-refractivity contribution in [1.29, 1.82) is 0 Å². The summed E-state index contributed by atoms with van der Waals surface area (Å²) in [5, 5.41) is 0.681. The van der Waals surface area contributed by atoms with Gasteiger partial charge in [-0.05, 0) is 56.2 Å². The lowest BCUT2D eigenvalue weighted by Crippen LogP contribution is -2.30. The van der Waals surface area contributed by atoms with Gasteiger partial charge in [0, 0.05) is 18.2 Å². The van der Waals surface area contributed by atoms with E-state index in [1.807, 2.05) is 45.0 Å². The second kappa shape index (κ2) is 8.89. The van der Waals surface area contributed by atoms with Crippen molar-refractivity contribution in [1.82, 2.24) is 0 Å². The Balaban J connectivity index is 1.86. The maximum absolute atomic E-state index is 13.2. The zero-order valence-electron chi connectivity index (χ0n) is 16.7. The molecule has 29 heavy (non-hydrogen) atoms. The Hall–Kier alpha value is -2.50. The third-order valence-electron chi connectivity index (χ3n) is 4.64. The van der Waals surface area contributed by atoms with Gasteiger partial charge in [0.25, 0.3) is 10.0 Å². The van der Waals surface area contributed by atoms with E-state index >= 15 is 0 Å². The lowest BCUT2D eigenvalue weighted by molar-refractivity contribution is 0.306. The highest BCUT2D eigenvalue weighted by Crippen LogP contribution is 2.28. The van der Waals surface area contributed by atoms with Crippen LogP contribution in [0.3, 0.4) is 0 Å². The van der Waals surface area contributed by atoms with E-state index in [1.54, 1.807) is 42.5 Å². The van der Waals surface area contributed by atoms with Crippen LogP contribution in [0.2, 0.25) is 5.02 Å². The molecule has 0 heterocycles. The van der Waals surface area contributed by atoms with E-state index in [1.165, 1.54) is 4.31 Å². The Morgan fingerprint density at radius 2 is 1.69 bits per heavy atom. The van der Waals surface area contributed by atoms with Crippen molar-refractivity contribution < 1.29 is 13.2 Å². The summed E-state index contributed by atoms with van der Waals surface area (Å²) in [6.45, 7) is 6.25. The molecule has 0 aliphatic carbocycles. The zero-order valence-corrected chi connectivity index (χ0v) is 18.3. The molecule has 0 fully saturated rings. The molecule has 0 aliphatic rings. The quantitative estimate of drug-likeness (QED) is 0.480. The highest BCUT2D eigenvalue weighted by molar-refractivity contribution is 7.92. The molecule has 3 rings (SSSR count). The van der Waals surface area contributed by atoms with Crippen molar-refractivity contribution >= 4 is 27.3 Å². The highest BCUT2D eigenvalue weighted by atomic mass is 35.5. The molecule has 0 unspecified atom stereocenters. The Bertz CT molecular complexity index is 1110. The molecular formula is C23H24ClNO3S. The van der Waals surface area contributed by atoms with Gasteiger partial charge in [-0.1, -0.05) is 48.0 Å². The van der Waals surface area contributed by atoms with E-state index in [-0.39, 0.29) is 4.90 Å². The number of rotatable bonds is 7. The van der Waals surface area contributed by atoms with E-state index in [0.717, 1.165) is 16.7 Å². The third kappa shape index (κ3) is 4.74. The Labute approximate surface area is 177 Å². The van der Waals surface area contributed by atoms with Crippen LogP contribution in [0.15, 0.2) is 71.6 Å². The first-order chi connectivity index (χ1) is 13.8. The number of halogens is 1. The molecule has 0 bridgehead atoms. The van der Waals surface area contributed by atoms with Crippen LogP contribution in [0.25, 0.3) is 0 Å². The Kier molecular flexibility index (Phi) is 6.50. The number of nitrogens with zero attached hydrogens (tertiary/aromatic N) is 1. The Morgan fingerprint density at radius 1 is 0.966 bits per heavy atom. The SMILES string of the molecule is CCN(c1cccc(OCc2cccc(C)c2Cl)c1)S(=O)(=O)c1cccc(C)c1. The summed E-state index contributed by atoms with van der Waals surface area (Å²) in [7, 11) is -3.67. The fourth-order valence-electron chi connectivity index (χ4n) is 3.10. The normalized spacial score (nSPS) is 11.3. The second-order valence-corrected chi connectivity index (χ2v) is 9.06. The molecule has 6 heteroatoms. The van der Waals surface area contributed by atoms with Crippen LogP contribution in [-0.4, -0.2) is 15.0 Å². The van der Waals surface area contributed by atoms with Crippen LogP contribution in [0.5, 0.6) is 5.75 Å². The molecule has 0 aromatic heterocycles. The maximum atomic E-state index is 13.2. The van der Waals surface area contributed by atoms with Crippen molar-refractivity contribution in [2.75, 3.05) is 10.8 Å². The van der Waals surface area contributed by atoms with E-state index in [4.69, 9.17) is 16.3 Å². The largest absolute Gasteiger partial charge is 0.489 e. The first-order valence-electron chi connectivity index (χ1n) is 9.39. The first kappa shape index (κ1) is 21.2. The van der Waals surface area contributed by atoms with Crippen LogP contribution >= 0.6 is 11.6 Å². The summed E-state index contributed by atoms with van der Waals surface area (Å²) in [4.78, 5) is 0.275. The lowest BCUT2D eigenvalue weighted by Gasteiger charge is -2.23. The summed E-state index contributed by atoms with van der Waals surface area (Å²) < 4.78 is 33.6. The van der Waals surface area contributed by atoms with Crippen LogP contribution in [0, 0.1) is 13.8 Å². The summed E-state index contributed by atoms with van der Waals surface area (Å²) >= 11 is 6.34. The summed E-state index contributed by atoms with van der Waals surface area (Å²) in [6, 6.07) is 19.8. The van der Waals surface area contributed by atoms with Gasteiger partial charge in [0.2, 0.25) is 0 Å². The average Bonchev–Trinajstić information content (AvgIpc) is 2.70. The van der Waals surface area contributed by atoms with Crippen LogP contribution in [0.1, 0.15) is 23.6 Å². The molecule has 3 aromatic carbocycles. The van der Waals surface area contributed by atoms with Crippen molar-refractivity contribution in [2.45, 2.75) is 32.3 Å². The van der Waals surface area contributed by atoms with Gasteiger partial charge in [-0.25, -0.2) is 8.42 Å². The van der Waals surface area contributed by atoms with Gasteiger partial charge in [-0.3, -0.25) is 4.31 Å². The molecule has 4 nitrogen and oxygen atoms in total. The van der Waals surface area contributed by atoms with E-state index in [2.05, 4.69) is 0 Å². The minimum atomic E-state index is -3.67.